The minimum Gasteiger partial charge on any atom is -0.476 e. The summed E-state index contributed by atoms with van der Waals surface area (Å²) >= 11 is 1.23. The molecular weight excluding hydrogens is 240 g/mol. The van der Waals surface area contributed by atoms with Gasteiger partial charge in [0.1, 0.15) is 5.03 Å². The van der Waals surface area contributed by atoms with E-state index in [0.717, 1.165) is 5.69 Å². The van der Waals surface area contributed by atoms with Gasteiger partial charge in [-0.1, -0.05) is 0 Å². The Hall–Kier alpha value is -2.02. The van der Waals surface area contributed by atoms with E-state index in [2.05, 4.69) is 20.2 Å². The van der Waals surface area contributed by atoms with E-state index in [1.54, 1.807) is 18.3 Å². The normalized spacial score (nSPS) is 10.2. The maximum absolute atomic E-state index is 10.6. The Morgan fingerprint density at radius 2 is 2.12 bits per heavy atom. The summed E-state index contributed by atoms with van der Waals surface area (Å²) in [5.41, 5.74) is 0.775. The van der Waals surface area contributed by atoms with Crippen LogP contribution in [-0.2, 0) is 0 Å². The highest BCUT2D eigenvalue weighted by atomic mass is 32.2. The van der Waals surface area contributed by atoms with Crippen molar-refractivity contribution >= 4 is 17.7 Å². The van der Waals surface area contributed by atoms with Gasteiger partial charge in [0, 0.05) is 11.9 Å². The maximum atomic E-state index is 10.6. The van der Waals surface area contributed by atoms with E-state index >= 15 is 0 Å². The molecule has 0 unspecified atom stereocenters. The van der Waals surface area contributed by atoms with Gasteiger partial charge in [0.25, 0.3) is 0 Å². The smallest absolute Gasteiger partial charge is 0.356 e. The lowest BCUT2D eigenvalue weighted by Crippen LogP contribution is -2.01. The Kier molecular flexibility index (Phi) is 3.29. The van der Waals surface area contributed by atoms with Crippen LogP contribution in [0.15, 0.2) is 34.6 Å². The molecule has 0 aliphatic heterocycles. The van der Waals surface area contributed by atoms with E-state index in [0.29, 0.717) is 10.2 Å². The zero-order chi connectivity index (χ0) is 12.3. The number of nitrogens with zero attached hydrogens (tertiary/aromatic N) is 4. The van der Waals surface area contributed by atoms with Gasteiger partial charge in [0.15, 0.2) is 10.9 Å². The second-order valence-corrected chi connectivity index (χ2v) is 4.13. The topological polar surface area (TPSA) is 88.9 Å². The maximum Gasteiger partial charge on any atom is 0.356 e. The number of rotatable bonds is 3. The lowest BCUT2D eigenvalue weighted by Gasteiger charge is -1.99. The van der Waals surface area contributed by atoms with Crippen LogP contribution >= 0.6 is 11.8 Å². The number of hydrogen-bond acceptors (Lipinski definition) is 6. The first-order valence-electron chi connectivity index (χ1n) is 4.69. The largest absolute Gasteiger partial charge is 0.476 e. The van der Waals surface area contributed by atoms with Gasteiger partial charge in [0.05, 0.1) is 0 Å². The molecule has 0 radical (unpaired) electrons. The summed E-state index contributed by atoms with van der Waals surface area (Å²) in [6.45, 7) is 1.87. The zero-order valence-electron chi connectivity index (χ0n) is 8.86. The van der Waals surface area contributed by atoms with Crippen LogP contribution in [0.2, 0.25) is 0 Å². The molecule has 0 aliphatic rings. The summed E-state index contributed by atoms with van der Waals surface area (Å²) in [4.78, 5) is 18.8. The van der Waals surface area contributed by atoms with Crippen molar-refractivity contribution in [1.82, 2.24) is 20.2 Å². The molecule has 1 N–H and O–H groups in total. The van der Waals surface area contributed by atoms with E-state index in [1.165, 1.54) is 17.8 Å². The van der Waals surface area contributed by atoms with Gasteiger partial charge in [-0.25, -0.2) is 14.8 Å². The van der Waals surface area contributed by atoms with Gasteiger partial charge in [0.2, 0.25) is 0 Å². The van der Waals surface area contributed by atoms with E-state index in [-0.39, 0.29) is 5.69 Å². The Morgan fingerprint density at radius 1 is 1.29 bits per heavy atom. The van der Waals surface area contributed by atoms with Crippen LogP contribution in [0.25, 0.3) is 0 Å². The molecule has 0 bridgehead atoms. The van der Waals surface area contributed by atoms with Crippen LogP contribution in [0, 0.1) is 6.92 Å². The number of carbonyl (C=O) groups is 1. The number of aromatic nitrogens is 4. The molecule has 7 heteroatoms. The molecule has 86 valence electrons. The number of aryl methyl sites for hydroxylation is 1. The highest BCUT2D eigenvalue weighted by Crippen LogP contribution is 2.21. The van der Waals surface area contributed by atoms with Gasteiger partial charge >= 0.3 is 5.97 Å². The van der Waals surface area contributed by atoms with Gasteiger partial charge in [-0.15, -0.1) is 10.2 Å². The van der Waals surface area contributed by atoms with E-state index in [4.69, 9.17) is 5.11 Å². The predicted octanol–water partition coefficient (Wildman–Crippen LogP) is 1.42. The van der Waals surface area contributed by atoms with Crippen LogP contribution in [0.1, 0.15) is 16.2 Å². The van der Waals surface area contributed by atoms with Crippen molar-refractivity contribution in [3.05, 3.63) is 35.8 Å². The molecule has 6 nitrogen and oxygen atoms in total. The van der Waals surface area contributed by atoms with Gasteiger partial charge in [-0.2, -0.15) is 0 Å². The molecule has 2 heterocycles. The summed E-state index contributed by atoms with van der Waals surface area (Å²) in [6, 6.07) is 4.77. The van der Waals surface area contributed by atoms with Gasteiger partial charge in [-0.3, -0.25) is 0 Å². The van der Waals surface area contributed by atoms with Crippen molar-refractivity contribution in [2.24, 2.45) is 0 Å². The van der Waals surface area contributed by atoms with E-state index in [1.807, 2.05) is 6.92 Å². The molecule has 2 rings (SSSR count). The van der Waals surface area contributed by atoms with Crippen LogP contribution in [-0.4, -0.2) is 31.2 Å². The Balaban J connectivity index is 2.16. The van der Waals surface area contributed by atoms with Crippen LogP contribution in [0.4, 0.5) is 0 Å². The SMILES string of the molecule is Cc1ccnc(Sc2ccc(C(=O)O)nn2)n1. The highest BCUT2D eigenvalue weighted by Gasteiger charge is 2.07. The third-order valence-corrected chi connectivity index (χ3v) is 2.63. The van der Waals surface area contributed by atoms with E-state index < -0.39 is 5.97 Å². The lowest BCUT2D eigenvalue weighted by atomic mass is 10.4. The van der Waals surface area contributed by atoms with Crippen molar-refractivity contribution in [1.29, 1.82) is 0 Å². The van der Waals surface area contributed by atoms with Crippen molar-refractivity contribution < 1.29 is 9.90 Å². The average Bonchev–Trinajstić information content (AvgIpc) is 2.29. The molecule has 17 heavy (non-hydrogen) atoms. The highest BCUT2D eigenvalue weighted by molar-refractivity contribution is 7.99. The fourth-order valence-corrected chi connectivity index (χ4v) is 1.77. The van der Waals surface area contributed by atoms with Gasteiger partial charge < -0.3 is 5.11 Å². The molecule has 0 amide bonds. The zero-order valence-corrected chi connectivity index (χ0v) is 9.68. The molecule has 0 aliphatic carbocycles. The fourth-order valence-electron chi connectivity index (χ4n) is 1.06. The second kappa shape index (κ2) is 4.88. The number of carboxylic acid groups (broad SMARTS) is 1. The summed E-state index contributed by atoms with van der Waals surface area (Å²) in [7, 11) is 0. The molecule has 0 saturated heterocycles. The quantitative estimate of drug-likeness (QED) is 0.821. The Morgan fingerprint density at radius 3 is 2.71 bits per heavy atom. The van der Waals surface area contributed by atoms with E-state index in [9.17, 15) is 4.79 Å². The molecular formula is C10H8N4O2S. The standard InChI is InChI=1S/C10H8N4O2S/c1-6-4-5-11-10(12-6)17-8-3-2-7(9(15)16)13-14-8/h2-5H,1H3,(H,15,16). The molecule has 2 aromatic heterocycles. The fraction of sp³-hybridized carbons (Fsp3) is 0.100. The van der Waals surface area contributed by atoms with Crippen molar-refractivity contribution in [2.45, 2.75) is 17.1 Å². The van der Waals surface area contributed by atoms with Gasteiger partial charge in [-0.05, 0) is 36.9 Å². The summed E-state index contributed by atoms with van der Waals surface area (Å²) < 4.78 is 0. The Labute approximate surface area is 101 Å². The first kappa shape index (κ1) is 11.5. The van der Waals surface area contributed by atoms with Crippen molar-refractivity contribution in [3.63, 3.8) is 0 Å². The van der Waals surface area contributed by atoms with Crippen LogP contribution in [0.5, 0.6) is 0 Å². The number of carboxylic acids is 1. The minimum atomic E-state index is -1.10. The first-order chi connectivity index (χ1) is 8.15. The summed E-state index contributed by atoms with van der Waals surface area (Å²) in [5, 5.41) is 17.1. The first-order valence-corrected chi connectivity index (χ1v) is 5.51. The number of aromatic carboxylic acids is 1. The monoisotopic (exact) mass is 248 g/mol. The average molecular weight is 248 g/mol. The minimum absolute atomic E-state index is 0.0838. The molecule has 0 atom stereocenters. The van der Waals surface area contributed by atoms with Crippen molar-refractivity contribution in [2.75, 3.05) is 0 Å². The molecule has 2 aromatic rings. The molecule has 0 fully saturated rings. The third-order valence-electron chi connectivity index (χ3n) is 1.83. The number of hydrogen-bond donors (Lipinski definition) is 1. The molecule has 0 saturated carbocycles. The third kappa shape index (κ3) is 2.97. The van der Waals surface area contributed by atoms with Crippen LogP contribution < -0.4 is 0 Å². The molecule has 0 aromatic carbocycles. The lowest BCUT2D eigenvalue weighted by molar-refractivity contribution is 0.0689. The summed E-state index contributed by atoms with van der Waals surface area (Å²) in [5.74, 6) is -1.10. The summed E-state index contributed by atoms with van der Waals surface area (Å²) in [6.07, 6.45) is 1.66. The van der Waals surface area contributed by atoms with Crippen LogP contribution in [0.3, 0.4) is 0 Å². The molecule has 0 spiro atoms. The van der Waals surface area contributed by atoms with Crippen molar-refractivity contribution in [3.8, 4) is 0 Å². The Bertz CT molecular complexity index is 544. The predicted molar refractivity (Wildman–Crippen MR) is 59.9 cm³/mol. The second-order valence-electron chi connectivity index (χ2n) is 3.14.